The summed E-state index contributed by atoms with van der Waals surface area (Å²) in [6, 6.07) is 21.8. The Morgan fingerprint density at radius 3 is 2.44 bits per heavy atom. The largest absolute Gasteiger partial charge is 0.508 e. The average molecular weight is 493 g/mol. The first-order chi connectivity index (χ1) is 17.3. The quantitative estimate of drug-likeness (QED) is 0.352. The van der Waals surface area contributed by atoms with E-state index in [0.717, 1.165) is 35.5 Å². The van der Waals surface area contributed by atoms with E-state index in [4.69, 9.17) is 19.9 Å². The first-order valence-electron chi connectivity index (χ1n) is 12.1. The van der Waals surface area contributed by atoms with Gasteiger partial charge in [0.05, 0.1) is 7.11 Å². The van der Waals surface area contributed by atoms with E-state index in [0.29, 0.717) is 13.0 Å². The molecule has 3 rings (SSSR count). The number of aromatic hydroxyl groups is 1. The van der Waals surface area contributed by atoms with Crippen molar-refractivity contribution in [3.63, 3.8) is 0 Å². The number of phenols is 1. The third-order valence-corrected chi connectivity index (χ3v) is 5.76. The van der Waals surface area contributed by atoms with E-state index in [-0.39, 0.29) is 12.4 Å². The molecule has 36 heavy (non-hydrogen) atoms. The van der Waals surface area contributed by atoms with Gasteiger partial charge in [0.1, 0.15) is 36.0 Å². The van der Waals surface area contributed by atoms with Crippen LogP contribution in [0.4, 0.5) is 0 Å². The van der Waals surface area contributed by atoms with Crippen molar-refractivity contribution in [1.29, 1.82) is 0 Å². The normalized spacial score (nSPS) is 12.7. The highest BCUT2D eigenvalue weighted by atomic mass is 16.6. The molecule has 2 atom stereocenters. The number of nitrogens with zero attached hydrogens (tertiary/aromatic N) is 1. The Balaban J connectivity index is 1.59. The lowest BCUT2D eigenvalue weighted by Gasteiger charge is -2.24. The number of carbonyl (C=O) groups excluding carboxylic acids is 1. The van der Waals surface area contributed by atoms with Gasteiger partial charge in [0, 0.05) is 6.54 Å². The van der Waals surface area contributed by atoms with Crippen LogP contribution >= 0.6 is 0 Å². The van der Waals surface area contributed by atoms with Crippen molar-refractivity contribution in [3.8, 4) is 17.2 Å². The molecule has 0 saturated heterocycles. The van der Waals surface area contributed by atoms with Gasteiger partial charge in [-0.2, -0.15) is 0 Å². The molecular weight excluding hydrogens is 456 g/mol. The first-order valence-corrected chi connectivity index (χ1v) is 12.1. The molecule has 0 amide bonds. The number of phenolic OH excluding ortho intramolecular Hbond substituents is 1. The summed E-state index contributed by atoms with van der Waals surface area (Å²) in [4.78, 5) is 14.7. The maximum Gasteiger partial charge on any atom is 0.323 e. The summed E-state index contributed by atoms with van der Waals surface area (Å²) in [6.07, 6.45) is 1.49. The van der Waals surface area contributed by atoms with Gasteiger partial charge < -0.3 is 30.0 Å². The number of carbonyl (C=O) groups is 1. The smallest absolute Gasteiger partial charge is 0.323 e. The summed E-state index contributed by atoms with van der Waals surface area (Å²) in [5.74, 6) is 1.30. The molecule has 0 aliphatic carbocycles. The maximum atomic E-state index is 12.7. The molecule has 0 fully saturated rings. The topological polar surface area (TPSA) is 94.2 Å². The van der Waals surface area contributed by atoms with Gasteiger partial charge >= 0.3 is 5.97 Å². The van der Waals surface area contributed by atoms with E-state index < -0.39 is 18.1 Å². The third kappa shape index (κ3) is 8.59. The van der Waals surface area contributed by atoms with E-state index in [2.05, 4.69) is 12.1 Å². The standard InChI is InChI=1S/C29H36N2O5/c1-31(2)19-26(36-29(33)27(30)18-22-12-15-24(32)16-13-22)20-35-28-10-5-4-8-23(28)14-11-21-7-6-9-25(17-21)34-3/h4-10,12-13,15-17,26-27,32H,11,14,18-20,30H2,1-3H3/t26-,27+/m1/s1. The third-order valence-electron chi connectivity index (χ3n) is 5.76. The second-order valence-electron chi connectivity index (χ2n) is 9.07. The van der Waals surface area contributed by atoms with Gasteiger partial charge in [0.2, 0.25) is 0 Å². The highest BCUT2D eigenvalue weighted by Crippen LogP contribution is 2.22. The number of hydrogen-bond acceptors (Lipinski definition) is 7. The number of esters is 1. The van der Waals surface area contributed by atoms with Crippen molar-refractivity contribution in [2.24, 2.45) is 5.73 Å². The van der Waals surface area contributed by atoms with Crippen LogP contribution in [0.2, 0.25) is 0 Å². The molecule has 0 heterocycles. The van der Waals surface area contributed by atoms with E-state index in [1.807, 2.05) is 55.4 Å². The Morgan fingerprint density at radius 2 is 1.72 bits per heavy atom. The zero-order valence-electron chi connectivity index (χ0n) is 21.2. The number of aryl methyl sites for hydroxylation is 2. The van der Waals surface area contributed by atoms with Crippen LogP contribution in [0.1, 0.15) is 16.7 Å². The minimum Gasteiger partial charge on any atom is -0.508 e. The zero-order valence-corrected chi connectivity index (χ0v) is 21.2. The highest BCUT2D eigenvalue weighted by molar-refractivity contribution is 5.76. The van der Waals surface area contributed by atoms with Crippen LogP contribution in [0.15, 0.2) is 72.8 Å². The van der Waals surface area contributed by atoms with E-state index in [1.54, 1.807) is 31.4 Å². The van der Waals surface area contributed by atoms with Crippen LogP contribution in [-0.2, 0) is 28.8 Å². The van der Waals surface area contributed by atoms with Crippen LogP contribution in [0.3, 0.4) is 0 Å². The van der Waals surface area contributed by atoms with Crippen LogP contribution < -0.4 is 15.2 Å². The van der Waals surface area contributed by atoms with Gasteiger partial charge in [-0.15, -0.1) is 0 Å². The summed E-state index contributed by atoms with van der Waals surface area (Å²) >= 11 is 0. The number of methoxy groups -OCH3 is 1. The van der Waals surface area contributed by atoms with E-state index in [9.17, 15) is 9.90 Å². The molecule has 0 bridgehead atoms. The summed E-state index contributed by atoms with van der Waals surface area (Å²) in [6.45, 7) is 0.718. The molecule has 3 N–H and O–H groups in total. The number of likely N-dealkylation sites (N-methyl/N-ethyl adjacent to an activating group) is 1. The molecule has 7 heteroatoms. The SMILES string of the molecule is COc1cccc(CCc2ccccc2OC[C@@H](CN(C)C)OC(=O)[C@@H](N)Cc2ccc(O)cc2)c1. The molecule has 0 spiro atoms. The molecule has 0 aliphatic heterocycles. The van der Waals surface area contributed by atoms with E-state index in [1.165, 1.54) is 5.56 Å². The summed E-state index contributed by atoms with van der Waals surface area (Å²) in [7, 11) is 5.50. The van der Waals surface area contributed by atoms with Gasteiger partial charge in [0.15, 0.2) is 0 Å². The summed E-state index contributed by atoms with van der Waals surface area (Å²) in [5, 5.41) is 9.44. The van der Waals surface area contributed by atoms with Crippen molar-refractivity contribution >= 4 is 5.97 Å². The Bertz CT molecular complexity index is 1100. The number of rotatable bonds is 13. The Morgan fingerprint density at radius 1 is 0.972 bits per heavy atom. The van der Waals surface area contributed by atoms with Crippen LogP contribution in [-0.4, -0.2) is 62.5 Å². The molecule has 3 aromatic rings. The fraction of sp³-hybridized carbons (Fsp3) is 0.345. The number of para-hydroxylation sites is 1. The van der Waals surface area contributed by atoms with Crippen LogP contribution in [0, 0.1) is 0 Å². The lowest BCUT2D eigenvalue weighted by molar-refractivity contribution is -0.152. The minimum absolute atomic E-state index is 0.168. The zero-order chi connectivity index (χ0) is 25.9. The van der Waals surface area contributed by atoms with Crippen LogP contribution in [0.25, 0.3) is 0 Å². The second kappa shape index (κ2) is 13.5. The molecule has 7 nitrogen and oxygen atoms in total. The minimum atomic E-state index is -0.811. The van der Waals surface area contributed by atoms with Crippen molar-refractivity contribution in [3.05, 3.63) is 89.5 Å². The van der Waals surface area contributed by atoms with Crippen molar-refractivity contribution in [2.75, 3.05) is 34.4 Å². The van der Waals surface area contributed by atoms with Crippen molar-refractivity contribution < 1.29 is 24.1 Å². The van der Waals surface area contributed by atoms with Crippen LogP contribution in [0.5, 0.6) is 17.2 Å². The monoisotopic (exact) mass is 492 g/mol. The van der Waals surface area contributed by atoms with Gasteiger partial charge in [-0.3, -0.25) is 4.79 Å². The number of ether oxygens (including phenoxy) is 3. The first kappa shape index (κ1) is 27.0. The molecule has 0 radical (unpaired) electrons. The van der Waals surface area contributed by atoms with Gasteiger partial charge in [-0.1, -0.05) is 42.5 Å². The molecule has 3 aromatic carbocycles. The Hall–Kier alpha value is -3.55. The Kier molecular flexibility index (Phi) is 10.2. The van der Waals surface area contributed by atoms with E-state index >= 15 is 0 Å². The summed E-state index contributed by atoms with van der Waals surface area (Å²) < 4.78 is 17.2. The van der Waals surface area contributed by atoms with Gasteiger partial charge in [-0.25, -0.2) is 0 Å². The predicted octanol–water partition coefficient (Wildman–Crippen LogP) is 3.61. The molecular formula is C29H36N2O5. The number of hydrogen-bond donors (Lipinski definition) is 2. The second-order valence-corrected chi connectivity index (χ2v) is 9.07. The lowest BCUT2D eigenvalue weighted by Crippen LogP contribution is -2.41. The van der Waals surface area contributed by atoms with Gasteiger partial charge in [0.25, 0.3) is 0 Å². The fourth-order valence-corrected chi connectivity index (χ4v) is 3.89. The molecule has 0 aliphatic rings. The van der Waals surface area contributed by atoms with Gasteiger partial charge in [-0.05, 0) is 80.4 Å². The van der Waals surface area contributed by atoms with Crippen molar-refractivity contribution in [2.45, 2.75) is 31.4 Å². The fourth-order valence-electron chi connectivity index (χ4n) is 3.89. The maximum absolute atomic E-state index is 12.7. The average Bonchev–Trinajstić information content (AvgIpc) is 2.87. The molecule has 0 unspecified atom stereocenters. The van der Waals surface area contributed by atoms with Crippen molar-refractivity contribution in [1.82, 2.24) is 4.90 Å². The summed E-state index contributed by atoms with van der Waals surface area (Å²) in [5.41, 5.74) is 9.23. The molecule has 0 saturated carbocycles. The number of benzene rings is 3. The predicted molar refractivity (Wildman–Crippen MR) is 141 cm³/mol. The lowest BCUT2D eigenvalue weighted by atomic mass is 10.0. The number of nitrogens with two attached hydrogens (primary N) is 1. The molecule has 192 valence electrons. The molecule has 0 aromatic heterocycles. The Labute approximate surface area is 213 Å². The highest BCUT2D eigenvalue weighted by Gasteiger charge is 2.22.